The summed E-state index contributed by atoms with van der Waals surface area (Å²) in [7, 11) is 0. The average molecular weight is 457 g/mol. The van der Waals surface area contributed by atoms with Gasteiger partial charge in [-0.05, 0) is 37.3 Å². The molecule has 1 aliphatic heterocycles. The summed E-state index contributed by atoms with van der Waals surface area (Å²) < 4.78 is 41.8. The Labute approximate surface area is 190 Å². The first-order chi connectivity index (χ1) is 15.8. The molecule has 2 fully saturated rings. The van der Waals surface area contributed by atoms with Gasteiger partial charge < -0.3 is 4.90 Å². The van der Waals surface area contributed by atoms with Crippen LogP contribution in [-0.2, 0) is 22.8 Å². The smallest absolute Gasteiger partial charge is 0.341 e. The van der Waals surface area contributed by atoms with E-state index in [4.69, 9.17) is 0 Å². The second-order valence-electron chi connectivity index (χ2n) is 9.22. The lowest BCUT2D eigenvalue weighted by molar-refractivity contribution is -0.142. The molecule has 0 unspecified atom stereocenters. The Morgan fingerprint density at radius 2 is 1.88 bits per heavy atom. The highest BCUT2D eigenvalue weighted by molar-refractivity contribution is 5.89. The minimum Gasteiger partial charge on any atom is -0.341 e. The van der Waals surface area contributed by atoms with E-state index in [9.17, 15) is 18.0 Å². The summed E-state index contributed by atoms with van der Waals surface area (Å²) in [5, 5.41) is 4.30. The van der Waals surface area contributed by atoms with E-state index >= 15 is 0 Å². The summed E-state index contributed by atoms with van der Waals surface area (Å²) in [6.07, 6.45) is 0.298. The first-order valence-electron chi connectivity index (χ1n) is 11.6. The SMILES string of the molecule is CCc1cc(C(F)(F)F)n2nc([C@@H]3CCN(C(=O)C4(c5ccccc5)CCCC4)C3)cc2n1. The summed E-state index contributed by atoms with van der Waals surface area (Å²) in [6.45, 7) is 2.84. The molecule has 33 heavy (non-hydrogen) atoms. The van der Waals surface area contributed by atoms with Crippen LogP contribution in [0.15, 0.2) is 42.5 Å². The van der Waals surface area contributed by atoms with Crippen molar-refractivity contribution in [3.05, 3.63) is 65.1 Å². The summed E-state index contributed by atoms with van der Waals surface area (Å²) >= 11 is 0. The topological polar surface area (TPSA) is 50.5 Å². The molecule has 3 heterocycles. The Morgan fingerprint density at radius 1 is 1.15 bits per heavy atom. The van der Waals surface area contributed by atoms with E-state index < -0.39 is 17.3 Å². The van der Waals surface area contributed by atoms with Gasteiger partial charge in [0.2, 0.25) is 5.91 Å². The zero-order chi connectivity index (χ0) is 23.2. The number of rotatable bonds is 4. The first-order valence-corrected chi connectivity index (χ1v) is 11.6. The van der Waals surface area contributed by atoms with Gasteiger partial charge in [-0.25, -0.2) is 9.50 Å². The highest BCUT2D eigenvalue weighted by atomic mass is 19.4. The zero-order valence-electron chi connectivity index (χ0n) is 18.6. The number of nitrogens with zero attached hydrogens (tertiary/aromatic N) is 4. The number of alkyl halides is 3. The molecule has 1 atom stereocenters. The number of benzene rings is 1. The van der Waals surface area contributed by atoms with Gasteiger partial charge in [-0.3, -0.25) is 4.79 Å². The van der Waals surface area contributed by atoms with Gasteiger partial charge in [0.15, 0.2) is 5.65 Å². The third-order valence-electron chi connectivity index (χ3n) is 7.24. The van der Waals surface area contributed by atoms with Crippen LogP contribution in [0.25, 0.3) is 5.65 Å². The minimum atomic E-state index is -4.52. The maximum absolute atomic E-state index is 13.7. The second kappa shape index (κ2) is 8.15. The normalized spacial score (nSPS) is 20.6. The predicted octanol–water partition coefficient (Wildman–Crippen LogP) is 5.14. The Hall–Kier alpha value is -2.90. The second-order valence-corrected chi connectivity index (χ2v) is 9.22. The van der Waals surface area contributed by atoms with Crippen LogP contribution >= 0.6 is 0 Å². The van der Waals surface area contributed by atoms with E-state index in [-0.39, 0.29) is 17.5 Å². The molecule has 0 spiro atoms. The van der Waals surface area contributed by atoms with Crippen LogP contribution < -0.4 is 0 Å². The van der Waals surface area contributed by atoms with Crippen molar-refractivity contribution in [2.24, 2.45) is 0 Å². The molecule has 174 valence electrons. The number of halogens is 3. The molecule has 5 nitrogen and oxygen atoms in total. The van der Waals surface area contributed by atoms with Gasteiger partial charge in [-0.2, -0.15) is 18.3 Å². The lowest BCUT2D eigenvalue weighted by Gasteiger charge is -2.33. The van der Waals surface area contributed by atoms with Gasteiger partial charge in [0.1, 0.15) is 5.69 Å². The monoisotopic (exact) mass is 456 g/mol. The molecule has 0 N–H and O–H groups in total. The van der Waals surface area contributed by atoms with E-state index in [1.54, 1.807) is 13.0 Å². The highest BCUT2D eigenvalue weighted by Crippen LogP contribution is 2.44. The number of carbonyl (C=O) groups is 1. The van der Waals surface area contributed by atoms with E-state index in [2.05, 4.69) is 10.1 Å². The van der Waals surface area contributed by atoms with Crippen LogP contribution in [0.1, 0.15) is 67.6 Å². The number of aryl methyl sites for hydroxylation is 1. The maximum atomic E-state index is 13.7. The third-order valence-corrected chi connectivity index (χ3v) is 7.24. The molecule has 2 aliphatic rings. The molecule has 1 saturated heterocycles. The van der Waals surface area contributed by atoms with Gasteiger partial charge in [-0.15, -0.1) is 0 Å². The standard InChI is InChI=1S/C25H27F3N4O/c1-2-19-14-21(25(26,27)28)32-22(29-19)15-20(30-32)17-10-13-31(16-17)23(33)24(11-6-7-12-24)18-8-4-3-5-9-18/h3-5,8-9,14-15,17H,2,6-7,10-13,16H2,1H3/t17-/m1/s1. The van der Waals surface area contributed by atoms with E-state index in [1.165, 1.54) is 0 Å². The molecule has 1 amide bonds. The third kappa shape index (κ3) is 3.79. The van der Waals surface area contributed by atoms with E-state index in [1.807, 2.05) is 35.2 Å². The maximum Gasteiger partial charge on any atom is 0.433 e. The Morgan fingerprint density at radius 3 is 2.55 bits per heavy atom. The van der Waals surface area contributed by atoms with Crippen molar-refractivity contribution in [2.75, 3.05) is 13.1 Å². The Balaban J connectivity index is 1.43. The zero-order valence-corrected chi connectivity index (χ0v) is 18.6. The van der Waals surface area contributed by atoms with Crippen molar-refractivity contribution < 1.29 is 18.0 Å². The van der Waals surface area contributed by atoms with E-state index in [0.29, 0.717) is 37.3 Å². The van der Waals surface area contributed by atoms with Crippen molar-refractivity contribution >= 4 is 11.6 Å². The molecule has 5 rings (SSSR count). The number of hydrogen-bond acceptors (Lipinski definition) is 3. The molecular formula is C25H27F3N4O. The average Bonchev–Trinajstić information content (AvgIpc) is 3.57. The quantitative estimate of drug-likeness (QED) is 0.546. The molecule has 1 aromatic carbocycles. The number of aromatic nitrogens is 3. The van der Waals surface area contributed by atoms with Gasteiger partial charge in [0.25, 0.3) is 0 Å². The van der Waals surface area contributed by atoms with Crippen molar-refractivity contribution in [3.8, 4) is 0 Å². The number of likely N-dealkylation sites (tertiary alicyclic amines) is 1. The molecule has 1 saturated carbocycles. The fourth-order valence-electron chi connectivity index (χ4n) is 5.48. The minimum absolute atomic E-state index is 0.101. The van der Waals surface area contributed by atoms with Crippen LogP contribution in [0.2, 0.25) is 0 Å². The molecule has 1 aliphatic carbocycles. The molecule has 8 heteroatoms. The van der Waals surface area contributed by atoms with Crippen LogP contribution in [0.4, 0.5) is 13.2 Å². The Bertz CT molecular complexity index is 1170. The molecule has 0 bridgehead atoms. The lowest BCUT2D eigenvalue weighted by atomic mass is 9.77. The van der Waals surface area contributed by atoms with Crippen LogP contribution in [-0.4, -0.2) is 38.5 Å². The van der Waals surface area contributed by atoms with Crippen LogP contribution in [0.5, 0.6) is 0 Å². The van der Waals surface area contributed by atoms with Gasteiger partial charge in [0, 0.05) is 30.8 Å². The molecule has 0 radical (unpaired) electrons. The number of fused-ring (bicyclic) bond motifs is 1. The largest absolute Gasteiger partial charge is 0.433 e. The number of hydrogen-bond donors (Lipinski definition) is 0. The van der Waals surface area contributed by atoms with Crippen molar-refractivity contribution in [3.63, 3.8) is 0 Å². The fraction of sp³-hybridized carbons (Fsp3) is 0.480. The number of amides is 1. The highest BCUT2D eigenvalue weighted by Gasteiger charge is 2.46. The lowest BCUT2D eigenvalue weighted by Crippen LogP contribution is -2.44. The molecule has 3 aromatic rings. The summed E-state index contributed by atoms with van der Waals surface area (Å²) in [5.74, 6) is 0.0378. The fourth-order valence-corrected chi connectivity index (χ4v) is 5.48. The summed E-state index contributed by atoms with van der Waals surface area (Å²) in [4.78, 5) is 20.0. The summed E-state index contributed by atoms with van der Waals surface area (Å²) in [6, 6.07) is 12.7. The van der Waals surface area contributed by atoms with Crippen molar-refractivity contribution in [1.82, 2.24) is 19.5 Å². The van der Waals surface area contributed by atoms with Gasteiger partial charge >= 0.3 is 6.18 Å². The van der Waals surface area contributed by atoms with Gasteiger partial charge in [0.05, 0.1) is 11.1 Å². The Kier molecular flexibility index (Phi) is 5.41. The predicted molar refractivity (Wildman–Crippen MR) is 118 cm³/mol. The molecule has 2 aromatic heterocycles. The van der Waals surface area contributed by atoms with Crippen LogP contribution in [0, 0.1) is 0 Å². The van der Waals surface area contributed by atoms with Gasteiger partial charge in [-0.1, -0.05) is 50.1 Å². The molecular weight excluding hydrogens is 429 g/mol. The van der Waals surface area contributed by atoms with Crippen molar-refractivity contribution in [2.45, 2.75) is 63.0 Å². The number of carbonyl (C=O) groups excluding carboxylic acids is 1. The summed E-state index contributed by atoms with van der Waals surface area (Å²) in [5.41, 5.74) is 0.923. The van der Waals surface area contributed by atoms with Crippen LogP contribution in [0.3, 0.4) is 0 Å². The first kappa shape index (κ1) is 21.9. The van der Waals surface area contributed by atoms with Crippen molar-refractivity contribution in [1.29, 1.82) is 0 Å². The van der Waals surface area contributed by atoms with E-state index in [0.717, 1.165) is 41.8 Å².